The van der Waals surface area contributed by atoms with Crippen LogP contribution in [0.2, 0.25) is 0 Å². The smallest absolute Gasteiger partial charge is 0.320 e. The predicted molar refractivity (Wildman–Crippen MR) is 136 cm³/mol. The van der Waals surface area contributed by atoms with Crippen LogP contribution in [0.25, 0.3) is 0 Å². The molecule has 5 N–H and O–H groups in total. The molecular weight excluding hydrogens is 485 g/mol. The zero-order chi connectivity index (χ0) is 27.2. The number of carbonyl (C=O) groups excluding carboxylic acids is 1. The topological polar surface area (TPSA) is 159 Å². The van der Waals surface area contributed by atoms with E-state index >= 15 is 0 Å². The van der Waals surface area contributed by atoms with Gasteiger partial charge in [-0.1, -0.05) is 13.8 Å². The molecule has 0 aliphatic carbocycles. The molecule has 1 unspecified atom stereocenters. The zero-order valence-corrected chi connectivity index (χ0v) is 21.2. The van der Waals surface area contributed by atoms with Crippen LogP contribution in [0.5, 0.6) is 0 Å². The summed E-state index contributed by atoms with van der Waals surface area (Å²) in [6.07, 6.45) is 2.90. The van der Waals surface area contributed by atoms with Gasteiger partial charge in [0, 0.05) is 31.6 Å². The number of amides is 1. The van der Waals surface area contributed by atoms with Gasteiger partial charge in [0.2, 0.25) is 5.91 Å². The summed E-state index contributed by atoms with van der Waals surface area (Å²) in [7, 11) is 0. The van der Waals surface area contributed by atoms with E-state index in [1.807, 2.05) is 13.8 Å². The van der Waals surface area contributed by atoms with E-state index in [-0.39, 0.29) is 31.8 Å². The Morgan fingerprint density at radius 3 is 2.46 bits per heavy atom. The number of hydrogen-bond acceptors (Lipinski definition) is 9. The highest BCUT2D eigenvalue weighted by Crippen LogP contribution is 2.12. The second-order valence-electron chi connectivity index (χ2n) is 8.68. The maximum Gasteiger partial charge on any atom is 0.320 e. The maximum atomic E-state index is 14.1. The van der Waals surface area contributed by atoms with E-state index in [1.54, 1.807) is 15.9 Å². The van der Waals surface area contributed by atoms with Gasteiger partial charge >= 0.3 is 11.9 Å². The van der Waals surface area contributed by atoms with Gasteiger partial charge in [-0.3, -0.25) is 35.0 Å². The molecule has 2 rings (SSSR count). The van der Waals surface area contributed by atoms with E-state index in [4.69, 9.17) is 5.11 Å². The number of aliphatic carboxylic acids is 2. The predicted octanol–water partition coefficient (Wildman–Crippen LogP) is 0.982. The van der Waals surface area contributed by atoms with Gasteiger partial charge in [0.1, 0.15) is 18.2 Å². The molecule has 13 heteroatoms. The van der Waals surface area contributed by atoms with Crippen LogP contribution >= 0.6 is 0 Å². The molecule has 1 atom stereocenters. The SMILES string of the molecule is CCCN(CCN(CCC)C(CCC(=O)NCc1cc(F)cc(C2=NNC=NN2)c1)C(=O)O)CC(=O)O. The van der Waals surface area contributed by atoms with Crippen molar-refractivity contribution in [2.75, 3.05) is 32.7 Å². The molecule has 1 aromatic carbocycles. The van der Waals surface area contributed by atoms with Crippen LogP contribution in [-0.4, -0.2) is 88.8 Å². The normalized spacial score (nSPS) is 13.6. The van der Waals surface area contributed by atoms with Crippen molar-refractivity contribution >= 4 is 30.0 Å². The Balaban J connectivity index is 1.94. The lowest BCUT2D eigenvalue weighted by atomic mass is 10.1. The summed E-state index contributed by atoms with van der Waals surface area (Å²) in [5, 5.41) is 29.5. The molecule has 0 spiro atoms. The Hall–Kier alpha value is -3.58. The number of carbonyl (C=O) groups is 3. The highest BCUT2D eigenvalue weighted by Gasteiger charge is 2.26. The summed E-state index contributed by atoms with van der Waals surface area (Å²) < 4.78 is 14.1. The molecule has 0 radical (unpaired) electrons. The third-order valence-electron chi connectivity index (χ3n) is 5.67. The van der Waals surface area contributed by atoms with Crippen molar-refractivity contribution in [1.82, 2.24) is 26.0 Å². The summed E-state index contributed by atoms with van der Waals surface area (Å²) in [6.45, 7) is 5.74. The van der Waals surface area contributed by atoms with Gasteiger partial charge in [0.05, 0.1) is 6.54 Å². The molecule has 204 valence electrons. The van der Waals surface area contributed by atoms with Gasteiger partial charge in [-0.05, 0) is 56.1 Å². The molecule has 0 fully saturated rings. The maximum absolute atomic E-state index is 14.1. The quantitative estimate of drug-likeness (QED) is 0.201. The number of benzene rings is 1. The van der Waals surface area contributed by atoms with Gasteiger partial charge < -0.3 is 15.5 Å². The van der Waals surface area contributed by atoms with Crippen molar-refractivity contribution < 1.29 is 29.0 Å². The van der Waals surface area contributed by atoms with Crippen LogP contribution in [0.1, 0.15) is 50.7 Å². The third kappa shape index (κ3) is 10.5. The van der Waals surface area contributed by atoms with Crippen LogP contribution < -0.4 is 16.2 Å². The molecule has 0 bridgehead atoms. The monoisotopic (exact) mass is 521 g/mol. The first kappa shape index (κ1) is 29.6. The van der Waals surface area contributed by atoms with Crippen molar-refractivity contribution in [3.05, 3.63) is 35.1 Å². The average molecular weight is 522 g/mol. The first-order valence-corrected chi connectivity index (χ1v) is 12.3. The summed E-state index contributed by atoms with van der Waals surface area (Å²) in [4.78, 5) is 39.2. The van der Waals surface area contributed by atoms with Crippen LogP contribution in [0, 0.1) is 5.82 Å². The minimum atomic E-state index is -1.03. The van der Waals surface area contributed by atoms with E-state index in [2.05, 4.69) is 26.4 Å². The van der Waals surface area contributed by atoms with Gasteiger partial charge in [-0.2, -0.15) is 10.2 Å². The van der Waals surface area contributed by atoms with Crippen LogP contribution in [0.3, 0.4) is 0 Å². The largest absolute Gasteiger partial charge is 0.480 e. The number of hydrogen-bond donors (Lipinski definition) is 5. The summed E-state index contributed by atoms with van der Waals surface area (Å²) >= 11 is 0. The fraction of sp³-hybridized carbons (Fsp3) is 0.542. The Morgan fingerprint density at radius 1 is 1.08 bits per heavy atom. The van der Waals surface area contributed by atoms with Gasteiger partial charge in [0.25, 0.3) is 0 Å². The van der Waals surface area contributed by atoms with Gasteiger partial charge in [0.15, 0.2) is 5.84 Å². The van der Waals surface area contributed by atoms with Crippen molar-refractivity contribution in [3.8, 4) is 0 Å². The Bertz CT molecular complexity index is 988. The van der Waals surface area contributed by atoms with Crippen LogP contribution in [0.4, 0.5) is 4.39 Å². The summed E-state index contributed by atoms with van der Waals surface area (Å²) in [6, 6.07) is 3.37. The van der Waals surface area contributed by atoms with E-state index in [0.717, 1.165) is 6.42 Å². The molecule has 37 heavy (non-hydrogen) atoms. The first-order valence-electron chi connectivity index (χ1n) is 12.3. The Morgan fingerprint density at radius 2 is 1.84 bits per heavy atom. The number of carboxylic acids is 2. The number of rotatable bonds is 17. The van der Waals surface area contributed by atoms with Crippen molar-refractivity contribution in [1.29, 1.82) is 0 Å². The lowest BCUT2D eigenvalue weighted by molar-refractivity contribution is -0.144. The number of halogens is 1. The minimum Gasteiger partial charge on any atom is -0.480 e. The van der Waals surface area contributed by atoms with Crippen LogP contribution in [0.15, 0.2) is 28.4 Å². The molecule has 12 nitrogen and oxygen atoms in total. The molecule has 1 aromatic rings. The molecule has 1 heterocycles. The number of hydrazone groups is 2. The zero-order valence-electron chi connectivity index (χ0n) is 21.2. The van der Waals surface area contributed by atoms with E-state index in [0.29, 0.717) is 49.6 Å². The standard InChI is InChI=1S/C24H36FN7O5/c1-3-7-31(15-22(34)35)9-10-32(8-4-2)20(24(36)37)5-6-21(33)26-14-17-11-18(13-19(25)12-17)23-29-27-16-28-30-23/h11-13,16,20H,3-10,14-15H2,1-2H3,(H,26,33)(H,27,28)(H,29,30)(H,34,35)(H,36,37). The lowest BCUT2D eigenvalue weighted by Gasteiger charge is -2.31. The number of nitrogens with one attached hydrogen (secondary N) is 3. The number of amidine groups is 1. The van der Waals surface area contributed by atoms with E-state index in [9.17, 15) is 23.9 Å². The van der Waals surface area contributed by atoms with Crippen molar-refractivity contribution in [3.63, 3.8) is 0 Å². The molecule has 0 aromatic heterocycles. The molecule has 1 aliphatic heterocycles. The lowest BCUT2D eigenvalue weighted by Crippen LogP contribution is -2.46. The second kappa shape index (κ2) is 15.5. The van der Waals surface area contributed by atoms with Gasteiger partial charge in [-0.15, -0.1) is 0 Å². The number of nitrogens with zero attached hydrogens (tertiary/aromatic N) is 4. The van der Waals surface area contributed by atoms with Gasteiger partial charge in [-0.25, -0.2) is 4.39 Å². The van der Waals surface area contributed by atoms with Crippen LogP contribution in [-0.2, 0) is 20.9 Å². The minimum absolute atomic E-state index is 0.0277. The fourth-order valence-corrected chi connectivity index (χ4v) is 4.04. The third-order valence-corrected chi connectivity index (χ3v) is 5.67. The highest BCUT2D eigenvalue weighted by molar-refractivity contribution is 6.00. The average Bonchev–Trinajstić information content (AvgIpc) is 2.85. The van der Waals surface area contributed by atoms with Crippen molar-refractivity contribution in [2.45, 2.75) is 52.1 Å². The summed E-state index contributed by atoms with van der Waals surface area (Å²) in [5.41, 5.74) is 6.20. The Labute approximate surface area is 215 Å². The second-order valence-corrected chi connectivity index (χ2v) is 8.68. The Kier molecular flexibility index (Phi) is 12.4. The molecular formula is C24H36FN7O5. The first-order chi connectivity index (χ1) is 17.7. The van der Waals surface area contributed by atoms with E-state index < -0.39 is 23.8 Å². The fourth-order valence-electron chi connectivity index (χ4n) is 4.04. The molecule has 0 saturated carbocycles. The highest BCUT2D eigenvalue weighted by atomic mass is 19.1. The number of carboxylic acid groups (broad SMARTS) is 2. The molecule has 0 saturated heterocycles. The molecule has 1 amide bonds. The molecule has 1 aliphatic rings. The van der Waals surface area contributed by atoms with Crippen molar-refractivity contribution in [2.24, 2.45) is 10.2 Å². The summed E-state index contributed by atoms with van der Waals surface area (Å²) in [5.74, 6) is -2.49. The van der Waals surface area contributed by atoms with E-state index in [1.165, 1.54) is 18.5 Å².